The highest BCUT2D eigenvalue weighted by molar-refractivity contribution is 5.90. The molecule has 0 heterocycles. The molecule has 0 heteroatoms. The van der Waals surface area contributed by atoms with E-state index in [1.54, 1.807) is 6.08 Å². The topological polar surface area (TPSA) is 0 Å². The lowest BCUT2D eigenvalue weighted by Crippen LogP contribution is -1.78. The van der Waals surface area contributed by atoms with Crippen molar-refractivity contribution in [3.05, 3.63) is 72.4 Å². The number of hydrogen-bond donors (Lipinski definition) is 0. The number of allylic oxidation sites excluding steroid dienone is 6. The molecule has 0 aromatic heterocycles. The molecular formula is C14H12. The monoisotopic (exact) mass is 180 g/mol. The molecule has 1 aliphatic rings. The third kappa shape index (κ3) is 1.60. The second-order valence-corrected chi connectivity index (χ2v) is 3.16. The van der Waals surface area contributed by atoms with Gasteiger partial charge in [-0.2, -0.15) is 0 Å². The summed E-state index contributed by atoms with van der Waals surface area (Å²) in [5, 5.41) is 0. The molecule has 1 aliphatic carbocycles. The first kappa shape index (κ1) is 8.76. The molecule has 0 fully saturated rings. The van der Waals surface area contributed by atoms with Crippen molar-refractivity contribution in [3.8, 4) is 0 Å². The maximum atomic E-state index is 3.64. The lowest BCUT2D eigenvalue weighted by Gasteiger charge is -1.98. The molecule has 0 radical (unpaired) electrons. The quantitative estimate of drug-likeness (QED) is 0.606. The van der Waals surface area contributed by atoms with Crippen molar-refractivity contribution < 1.29 is 0 Å². The Balaban J connectivity index is 2.35. The van der Waals surface area contributed by atoms with Gasteiger partial charge in [0.15, 0.2) is 0 Å². The maximum absolute atomic E-state index is 3.64. The van der Waals surface area contributed by atoms with Crippen LogP contribution in [0.4, 0.5) is 0 Å². The molecule has 14 heavy (non-hydrogen) atoms. The van der Waals surface area contributed by atoms with Crippen molar-refractivity contribution in [3.63, 3.8) is 0 Å². The molecule has 0 saturated heterocycles. The largest absolute Gasteiger partial charge is 0.0991 e. The first-order valence-corrected chi connectivity index (χ1v) is 4.68. The van der Waals surface area contributed by atoms with Crippen LogP contribution in [0.2, 0.25) is 0 Å². The summed E-state index contributed by atoms with van der Waals surface area (Å²) in [6.07, 6.45) is 12.1. The minimum atomic E-state index is 1.26. The summed E-state index contributed by atoms with van der Waals surface area (Å²) in [5.41, 5.74) is 3.87. The first-order chi connectivity index (χ1) is 6.92. The van der Waals surface area contributed by atoms with Gasteiger partial charge in [-0.3, -0.25) is 0 Å². The Kier molecular flexibility index (Phi) is 2.46. The predicted molar refractivity (Wildman–Crippen MR) is 62.8 cm³/mol. The van der Waals surface area contributed by atoms with Crippen LogP contribution in [0.3, 0.4) is 0 Å². The van der Waals surface area contributed by atoms with E-state index in [1.807, 2.05) is 12.2 Å². The predicted octanol–water partition coefficient (Wildman–Crippen LogP) is 3.84. The zero-order valence-corrected chi connectivity index (χ0v) is 7.98. The average Bonchev–Trinajstić information content (AvgIpc) is 2.63. The van der Waals surface area contributed by atoms with E-state index in [0.717, 1.165) is 0 Å². The van der Waals surface area contributed by atoms with Crippen molar-refractivity contribution in [2.45, 2.75) is 0 Å². The fraction of sp³-hybridized carbons (Fsp3) is 0. The highest BCUT2D eigenvalue weighted by Gasteiger charge is 2.07. The van der Waals surface area contributed by atoms with Crippen LogP contribution in [-0.2, 0) is 0 Å². The Hall–Kier alpha value is -1.82. The van der Waals surface area contributed by atoms with Gasteiger partial charge in [0.25, 0.3) is 0 Å². The van der Waals surface area contributed by atoms with Crippen molar-refractivity contribution >= 4 is 11.6 Å². The summed E-state index contributed by atoms with van der Waals surface area (Å²) in [6, 6.07) is 8.40. The normalized spacial score (nSPS) is 16.4. The van der Waals surface area contributed by atoms with Gasteiger partial charge in [0.1, 0.15) is 0 Å². The summed E-state index contributed by atoms with van der Waals surface area (Å²) in [5.74, 6) is 0. The van der Waals surface area contributed by atoms with Crippen LogP contribution in [0.5, 0.6) is 0 Å². The van der Waals surface area contributed by atoms with Gasteiger partial charge in [0.2, 0.25) is 0 Å². The number of hydrogen-bond acceptors (Lipinski definition) is 0. The Bertz CT molecular complexity index is 431. The molecule has 1 aromatic carbocycles. The highest BCUT2D eigenvalue weighted by atomic mass is 14.1. The van der Waals surface area contributed by atoms with Crippen molar-refractivity contribution in [1.82, 2.24) is 0 Å². The van der Waals surface area contributed by atoms with E-state index in [2.05, 4.69) is 49.1 Å². The van der Waals surface area contributed by atoms with Crippen LogP contribution in [0.25, 0.3) is 11.6 Å². The third-order valence-electron chi connectivity index (χ3n) is 2.24. The Morgan fingerprint density at radius 3 is 2.71 bits per heavy atom. The number of rotatable bonds is 2. The van der Waals surface area contributed by atoms with Crippen LogP contribution in [0.15, 0.2) is 61.2 Å². The molecule has 1 aromatic rings. The molecule has 2 rings (SSSR count). The second kappa shape index (κ2) is 3.93. The zero-order valence-electron chi connectivity index (χ0n) is 7.98. The molecule has 0 amide bonds. The smallest absolute Gasteiger partial charge is 0.0111 e. The van der Waals surface area contributed by atoms with Gasteiger partial charge in [-0.15, -0.1) is 0 Å². The van der Waals surface area contributed by atoms with Gasteiger partial charge in [0.05, 0.1) is 0 Å². The lowest BCUT2D eigenvalue weighted by atomic mass is 10.1. The second-order valence-electron chi connectivity index (χ2n) is 3.16. The van der Waals surface area contributed by atoms with Gasteiger partial charge in [0, 0.05) is 0 Å². The molecule has 0 bridgehead atoms. The average molecular weight is 180 g/mol. The Labute approximate surface area is 84.6 Å². The molecule has 68 valence electrons. The third-order valence-corrected chi connectivity index (χ3v) is 2.24. The summed E-state index contributed by atoms with van der Waals surface area (Å²) < 4.78 is 0. The molecular weight excluding hydrogens is 168 g/mol. The molecule has 0 aliphatic heterocycles. The van der Waals surface area contributed by atoms with Crippen LogP contribution >= 0.6 is 0 Å². The molecule has 0 atom stereocenters. The highest BCUT2D eigenvalue weighted by Crippen LogP contribution is 2.28. The molecule has 0 spiro atoms. The van der Waals surface area contributed by atoms with Gasteiger partial charge in [-0.25, -0.2) is 0 Å². The van der Waals surface area contributed by atoms with Crippen LogP contribution in [-0.4, -0.2) is 0 Å². The van der Waals surface area contributed by atoms with Gasteiger partial charge < -0.3 is 0 Å². The summed E-state index contributed by atoms with van der Waals surface area (Å²) in [4.78, 5) is 0. The van der Waals surface area contributed by atoms with Crippen LogP contribution in [0.1, 0.15) is 11.1 Å². The standard InChI is InChI=1S/C14H12/c1-2-3-4-7-12-10-11-13-8-5-6-9-14(12)13/h2-11H,1H2. The fourth-order valence-corrected chi connectivity index (χ4v) is 1.56. The van der Waals surface area contributed by atoms with Crippen LogP contribution in [0, 0.1) is 0 Å². The molecule has 0 N–H and O–H groups in total. The summed E-state index contributed by atoms with van der Waals surface area (Å²) in [7, 11) is 0. The van der Waals surface area contributed by atoms with Gasteiger partial charge in [-0.05, 0) is 16.7 Å². The van der Waals surface area contributed by atoms with E-state index in [1.165, 1.54) is 16.7 Å². The Morgan fingerprint density at radius 1 is 1.00 bits per heavy atom. The van der Waals surface area contributed by atoms with Gasteiger partial charge >= 0.3 is 0 Å². The fourth-order valence-electron chi connectivity index (χ4n) is 1.56. The van der Waals surface area contributed by atoms with E-state index < -0.39 is 0 Å². The van der Waals surface area contributed by atoms with E-state index in [4.69, 9.17) is 0 Å². The van der Waals surface area contributed by atoms with Crippen LogP contribution < -0.4 is 0 Å². The maximum Gasteiger partial charge on any atom is -0.0111 e. The minimum absolute atomic E-state index is 1.26. The first-order valence-electron chi connectivity index (χ1n) is 4.68. The van der Waals surface area contributed by atoms with Crippen molar-refractivity contribution in [2.24, 2.45) is 0 Å². The van der Waals surface area contributed by atoms with Crippen molar-refractivity contribution in [2.75, 3.05) is 0 Å². The summed E-state index contributed by atoms with van der Waals surface area (Å²) >= 11 is 0. The van der Waals surface area contributed by atoms with E-state index in [0.29, 0.717) is 0 Å². The number of benzene rings is 1. The minimum Gasteiger partial charge on any atom is -0.0991 e. The molecule has 0 saturated carbocycles. The Morgan fingerprint density at radius 2 is 1.86 bits per heavy atom. The summed E-state index contributed by atoms with van der Waals surface area (Å²) in [6.45, 7) is 3.64. The van der Waals surface area contributed by atoms with Crippen molar-refractivity contribution in [1.29, 1.82) is 0 Å². The number of fused-ring (bicyclic) bond motifs is 1. The SMILES string of the molecule is C=CC=CC=C1C=Cc2ccccc21. The van der Waals surface area contributed by atoms with Gasteiger partial charge in [-0.1, -0.05) is 67.3 Å². The zero-order chi connectivity index (χ0) is 9.80. The van der Waals surface area contributed by atoms with E-state index in [-0.39, 0.29) is 0 Å². The van der Waals surface area contributed by atoms with E-state index in [9.17, 15) is 0 Å². The van der Waals surface area contributed by atoms with E-state index >= 15 is 0 Å². The lowest BCUT2D eigenvalue weighted by molar-refractivity contribution is 1.61. The molecule has 0 nitrogen and oxygen atoms in total. The molecule has 0 unspecified atom stereocenters.